The molecule has 0 fully saturated rings. The first kappa shape index (κ1) is 15.6. The number of benzene rings is 2. The summed E-state index contributed by atoms with van der Waals surface area (Å²) < 4.78 is 9.85. The predicted octanol–water partition coefficient (Wildman–Crippen LogP) is 5.06. The van der Waals surface area contributed by atoms with E-state index in [2.05, 4.69) is 42.5 Å². The number of methoxy groups -OCH3 is 1. The van der Waals surface area contributed by atoms with Crippen LogP contribution in [-0.2, 0) is 6.42 Å². The molecule has 0 unspecified atom stereocenters. The van der Waals surface area contributed by atoms with Crippen molar-refractivity contribution in [2.24, 2.45) is 0 Å². The molecule has 4 heteroatoms. The lowest BCUT2D eigenvalue weighted by atomic mass is 10.0. The fraction of sp³-hybridized carbons (Fsp3) is 0.211. The highest BCUT2D eigenvalue weighted by Gasteiger charge is 2.14. The fourth-order valence-corrected chi connectivity index (χ4v) is 3.32. The number of rotatable bonds is 4. The van der Waals surface area contributed by atoms with Crippen LogP contribution in [0.1, 0.15) is 18.1 Å². The van der Waals surface area contributed by atoms with E-state index >= 15 is 0 Å². The van der Waals surface area contributed by atoms with Crippen LogP contribution in [0.15, 0.2) is 42.5 Å². The van der Waals surface area contributed by atoms with Gasteiger partial charge in [0.1, 0.15) is 11.5 Å². The monoisotopic (exact) mass is 325 g/mol. The maximum absolute atomic E-state index is 10.3. The third-order valence-corrected chi connectivity index (χ3v) is 4.73. The minimum Gasteiger partial charge on any atom is -0.507 e. The molecule has 0 bridgehead atoms. The largest absolute Gasteiger partial charge is 0.507 e. The summed E-state index contributed by atoms with van der Waals surface area (Å²) in [6, 6.07) is 14.0. The maximum atomic E-state index is 10.3. The van der Waals surface area contributed by atoms with Gasteiger partial charge < -0.3 is 9.84 Å². The Balaban J connectivity index is 2.01. The predicted molar refractivity (Wildman–Crippen MR) is 95.3 cm³/mol. The second-order valence-corrected chi connectivity index (χ2v) is 6.28. The third kappa shape index (κ3) is 3.08. The molecular formula is C19H19NO2S. The molecule has 0 amide bonds. The van der Waals surface area contributed by atoms with Gasteiger partial charge in [0.05, 0.1) is 17.7 Å². The summed E-state index contributed by atoms with van der Waals surface area (Å²) in [6.45, 7) is 4.14. The van der Waals surface area contributed by atoms with Gasteiger partial charge >= 0.3 is 0 Å². The van der Waals surface area contributed by atoms with E-state index in [0.717, 1.165) is 39.4 Å². The Kier molecular flexibility index (Phi) is 4.35. The summed E-state index contributed by atoms with van der Waals surface area (Å²) >= 11 is 1.40. The zero-order valence-electron chi connectivity index (χ0n) is 13.5. The van der Waals surface area contributed by atoms with Gasteiger partial charge in [-0.05, 0) is 42.6 Å². The zero-order chi connectivity index (χ0) is 16.4. The van der Waals surface area contributed by atoms with E-state index in [9.17, 15) is 5.11 Å². The van der Waals surface area contributed by atoms with E-state index in [4.69, 9.17) is 4.74 Å². The van der Waals surface area contributed by atoms with E-state index in [-0.39, 0.29) is 5.75 Å². The fourth-order valence-electron chi connectivity index (χ4n) is 2.54. The lowest BCUT2D eigenvalue weighted by Gasteiger charge is -2.10. The molecule has 0 radical (unpaired) electrons. The molecule has 0 atom stereocenters. The topological polar surface area (TPSA) is 42.4 Å². The first-order valence-corrected chi connectivity index (χ1v) is 8.33. The molecule has 1 heterocycles. The summed E-state index contributed by atoms with van der Waals surface area (Å²) in [7, 11) is 1.62. The summed E-state index contributed by atoms with van der Waals surface area (Å²) in [4.78, 5) is 0.954. The van der Waals surface area contributed by atoms with Crippen LogP contribution in [0.2, 0.25) is 0 Å². The molecule has 1 N–H and O–H groups in total. The van der Waals surface area contributed by atoms with Gasteiger partial charge in [0.25, 0.3) is 0 Å². The van der Waals surface area contributed by atoms with Gasteiger partial charge in [0, 0.05) is 17.2 Å². The second-order valence-electron chi connectivity index (χ2n) is 5.48. The maximum Gasteiger partial charge on any atom is 0.127 e. The van der Waals surface area contributed by atoms with E-state index in [1.54, 1.807) is 13.2 Å². The minimum atomic E-state index is 0.221. The molecule has 0 saturated carbocycles. The number of aryl methyl sites for hydroxylation is 2. The van der Waals surface area contributed by atoms with Crippen molar-refractivity contribution in [3.05, 3.63) is 53.6 Å². The highest BCUT2D eigenvalue weighted by molar-refractivity contribution is 7.09. The molecule has 0 aliphatic carbocycles. The van der Waals surface area contributed by atoms with Crippen molar-refractivity contribution in [1.29, 1.82) is 0 Å². The zero-order valence-corrected chi connectivity index (χ0v) is 14.3. The second kappa shape index (κ2) is 6.42. The molecule has 118 valence electrons. The molecule has 1 aromatic heterocycles. The molecule has 2 aromatic carbocycles. The van der Waals surface area contributed by atoms with Crippen LogP contribution in [0.3, 0.4) is 0 Å². The summed E-state index contributed by atoms with van der Waals surface area (Å²) in [5.74, 6) is 0.940. The van der Waals surface area contributed by atoms with Crippen LogP contribution in [0.25, 0.3) is 21.7 Å². The number of aromatic hydroxyl groups is 1. The normalized spacial score (nSPS) is 10.7. The minimum absolute atomic E-state index is 0.221. The van der Waals surface area contributed by atoms with Crippen LogP contribution < -0.4 is 4.74 Å². The lowest BCUT2D eigenvalue weighted by Crippen LogP contribution is -1.91. The van der Waals surface area contributed by atoms with Crippen molar-refractivity contribution in [2.75, 3.05) is 7.11 Å². The highest BCUT2D eigenvalue weighted by Crippen LogP contribution is 2.39. The van der Waals surface area contributed by atoms with Crippen LogP contribution in [0, 0.1) is 6.92 Å². The van der Waals surface area contributed by atoms with Crippen molar-refractivity contribution in [3.8, 4) is 33.2 Å². The van der Waals surface area contributed by atoms with Crippen LogP contribution in [-0.4, -0.2) is 16.6 Å². The molecule has 0 spiro atoms. The number of hydrogen-bond acceptors (Lipinski definition) is 4. The number of aromatic nitrogens is 1. The average molecular weight is 325 g/mol. The van der Waals surface area contributed by atoms with Gasteiger partial charge in [-0.15, -0.1) is 0 Å². The molecule has 3 rings (SSSR count). The Morgan fingerprint density at radius 2 is 1.87 bits per heavy atom. The van der Waals surface area contributed by atoms with Crippen molar-refractivity contribution in [3.63, 3.8) is 0 Å². The lowest BCUT2D eigenvalue weighted by molar-refractivity contribution is 0.403. The van der Waals surface area contributed by atoms with Gasteiger partial charge in [0.15, 0.2) is 0 Å². The van der Waals surface area contributed by atoms with Crippen molar-refractivity contribution >= 4 is 11.5 Å². The standard InChI is InChI=1S/C19H19NO2S/c1-4-13-9-15(17(21)11-18(13)22-3)19-10-16(20-23-19)14-7-5-12(2)6-8-14/h5-11,21H,4H2,1-3H3. The number of ether oxygens (including phenoxy) is 1. The first-order valence-electron chi connectivity index (χ1n) is 7.56. The van der Waals surface area contributed by atoms with Gasteiger partial charge in [-0.25, -0.2) is 0 Å². The number of phenols is 1. The Bertz CT molecular complexity index is 822. The number of nitrogens with zero attached hydrogens (tertiary/aromatic N) is 1. The molecule has 3 aromatic rings. The van der Waals surface area contributed by atoms with Crippen LogP contribution >= 0.6 is 11.5 Å². The number of hydrogen-bond donors (Lipinski definition) is 1. The quantitative estimate of drug-likeness (QED) is 0.729. The van der Waals surface area contributed by atoms with Gasteiger partial charge in [-0.2, -0.15) is 4.37 Å². The molecule has 0 saturated heterocycles. The summed E-state index contributed by atoms with van der Waals surface area (Å²) in [5.41, 5.74) is 5.12. The van der Waals surface area contributed by atoms with Crippen LogP contribution in [0.5, 0.6) is 11.5 Å². The summed E-state index contributed by atoms with van der Waals surface area (Å²) in [6.07, 6.45) is 0.847. The van der Waals surface area contributed by atoms with Crippen molar-refractivity contribution < 1.29 is 9.84 Å². The smallest absolute Gasteiger partial charge is 0.127 e. The Morgan fingerprint density at radius 3 is 2.52 bits per heavy atom. The first-order chi connectivity index (χ1) is 11.1. The van der Waals surface area contributed by atoms with Gasteiger partial charge in [-0.1, -0.05) is 36.8 Å². The molecule has 0 aliphatic heterocycles. The number of phenolic OH excluding ortho intramolecular Hbond substituents is 1. The Morgan fingerprint density at radius 1 is 1.13 bits per heavy atom. The van der Waals surface area contributed by atoms with Crippen LogP contribution in [0.4, 0.5) is 0 Å². The SMILES string of the molecule is CCc1cc(-c2cc(-c3ccc(C)cc3)ns2)c(O)cc1OC. The molecular weight excluding hydrogens is 306 g/mol. The van der Waals surface area contributed by atoms with Gasteiger partial charge in [-0.3, -0.25) is 0 Å². The van der Waals surface area contributed by atoms with E-state index in [1.165, 1.54) is 17.1 Å². The van der Waals surface area contributed by atoms with E-state index in [1.807, 2.05) is 12.1 Å². The van der Waals surface area contributed by atoms with E-state index < -0.39 is 0 Å². The van der Waals surface area contributed by atoms with E-state index in [0.29, 0.717) is 0 Å². The Labute approximate surface area is 140 Å². The van der Waals surface area contributed by atoms with Gasteiger partial charge in [0.2, 0.25) is 0 Å². The molecule has 0 aliphatic rings. The van der Waals surface area contributed by atoms with Crippen molar-refractivity contribution in [2.45, 2.75) is 20.3 Å². The third-order valence-electron chi connectivity index (χ3n) is 3.90. The van der Waals surface area contributed by atoms with Crippen molar-refractivity contribution in [1.82, 2.24) is 4.37 Å². The Hall–Kier alpha value is -2.33. The molecule has 3 nitrogen and oxygen atoms in total. The average Bonchev–Trinajstić information content (AvgIpc) is 3.04. The highest BCUT2D eigenvalue weighted by atomic mass is 32.1. The summed E-state index contributed by atoms with van der Waals surface area (Å²) in [5, 5.41) is 10.3. The molecule has 23 heavy (non-hydrogen) atoms.